The number of benzene rings is 2. The minimum absolute atomic E-state index is 0.166. The standard InChI is InChI=1S/C29H41N3O2/c1-22(2)27-13-8-23(3)21-28(27)29(33)32-18-16-31(17-19-32)25-9-11-26(12-10-25)34-20-6-15-30-14-5-7-24(30)4/h8-13,21-22,24H,5-7,14-20H2,1-4H3. The first-order chi connectivity index (χ1) is 16.4. The minimum Gasteiger partial charge on any atom is -0.494 e. The second-order valence-electron chi connectivity index (χ2n) is 10.2. The molecule has 5 heteroatoms. The Morgan fingerprint density at radius 3 is 2.41 bits per heavy atom. The Kier molecular flexibility index (Phi) is 8.15. The zero-order chi connectivity index (χ0) is 24.1. The predicted molar refractivity (Wildman–Crippen MR) is 140 cm³/mol. The molecule has 2 heterocycles. The third-order valence-corrected chi connectivity index (χ3v) is 7.38. The molecule has 1 atom stereocenters. The lowest BCUT2D eigenvalue weighted by Gasteiger charge is -2.36. The lowest BCUT2D eigenvalue weighted by atomic mass is 9.94. The van der Waals surface area contributed by atoms with Gasteiger partial charge in [0.15, 0.2) is 0 Å². The SMILES string of the molecule is Cc1ccc(C(C)C)c(C(=O)N2CCN(c3ccc(OCCCN4CCCC4C)cc3)CC2)c1. The number of likely N-dealkylation sites (tertiary alicyclic amines) is 1. The van der Waals surface area contributed by atoms with Gasteiger partial charge in [0, 0.05) is 50.0 Å². The zero-order valence-electron chi connectivity index (χ0n) is 21.4. The van der Waals surface area contributed by atoms with E-state index in [4.69, 9.17) is 4.74 Å². The first kappa shape index (κ1) is 24.6. The van der Waals surface area contributed by atoms with E-state index in [0.717, 1.165) is 74.2 Å². The average Bonchev–Trinajstić information content (AvgIpc) is 3.26. The van der Waals surface area contributed by atoms with Crippen LogP contribution in [0, 0.1) is 6.92 Å². The number of ether oxygens (including phenoxy) is 1. The summed E-state index contributed by atoms with van der Waals surface area (Å²) in [5.74, 6) is 1.44. The van der Waals surface area contributed by atoms with E-state index in [1.165, 1.54) is 25.1 Å². The number of amides is 1. The molecular weight excluding hydrogens is 422 g/mol. The number of anilines is 1. The fraction of sp³-hybridized carbons (Fsp3) is 0.552. The lowest BCUT2D eigenvalue weighted by molar-refractivity contribution is 0.0745. The summed E-state index contributed by atoms with van der Waals surface area (Å²) in [5, 5.41) is 0. The normalized spacial score (nSPS) is 19.1. The quantitative estimate of drug-likeness (QED) is 0.496. The van der Waals surface area contributed by atoms with Crippen LogP contribution in [-0.4, -0.2) is 67.6 Å². The Bertz CT molecular complexity index is 948. The van der Waals surface area contributed by atoms with Crippen molar-refractivity contribution in [2.75, 3.05) is 50.8 Å². The van der Waals surface area contributed by atoms with Gasteiger partial charge in [-0.1, -0.05) is 31.5 Å². The summed E-state index contributed by atoms with van der Waals surface area (Å²) in [6, 6.07) is 15.4. The molecule has 0 radical (unpaired) electrons. The van der Waals surface area contributed by atoms with Crippen LogP contribution in [0.15, 0.2) is 42.5 Å². The van der Waals surface area contributed by atoms with Crippen molar-refractivity contribution in [3.05, 3.63) is 59.2 Å². The highest BCUT2D eigenvalue weighted by Crippen LogP contribution is 2.25. The maximum atomic E-state index is 13.3. The molecule has 2 fully saturated rings. The highest BCUT2D eigenvalue weighted by molar-refractivity contribution is 5.96. The van der Waals surface area contributed by atoms with Crippen molar-refractivity contribution in [1.29, 1.82) is 0 Å². The predicted octanol–water partition coefficient (Wildman–Crippen LogP) is 5.33. The maximum Gasteiger partial charge on any atom is 0.254 e. The molecule has 5 nitrogen and oxygen atoms in total. The molecule has 1 unspecified atom stereocenters. The van der Waals surface area contributed by atoms with Crippen LogP contribution in [0.25, 0.3) is 0 Å². The molecular formula is C29H41N3O2. The number of nitrogens with zero attached hydrogens (tertiary/aromatic N) is 3. The monoisotopic (exact) mass is 463 g/mol. The molecule has 2 aliphatic heterocycles. The van der Waals surface area contributed by atoms with Gasteiger partial charge in [-0.3, -0.25) is 4.79 Å². The molecule has 0 aromatic heterocycles. The van der Waals surface area contributed by atoms with Gasteiger partial charge in [0.1, 0.15) is 5.75 Å². The van der Waals surface area contributed by atoms with E-state index in [2.05, 4.69) is 80.0 Å². The lowest BCUT2D eigenvalue weighted by Crippen LogP contribution is -2.49. The zero-order valence-corrected chi connectivity index (χ0v) is 21.4. The van der Waals surface area contributed by atoms with Gasteiger partial charge in [-0.05, 0) is 81.5 Å². The number of piperazine rings is 1. The Balaban J connectivity index is 1.25. The van der Waals surface area contributed by atoms with Gasteiger partial charge in [0.05, 0.1) is 6.61 Å². The van der Waals surface area contributed by atoms with E-state index < -0.39 is 0 Å². The van der Waals surface area contributed by atoms with Crippen LogP contribution in [0.1, 0.15) is 67.4 Å². The van der Waals surface area contributed by atoms with Crippen LogP contribution in [0.3, 0.4) is 0 Å². The van der Waals surface area contributed by atoms with Crippen molar-refractivity contribution in [2.24, 2.45) is 0 Å². The number of hydrogen-bond donors (Lipinski definition) is 0. The van der Waals surface area contributed by atoms with Gasteiger partial charge in [0.2, 0.25) is 0 Å². The Morgan fingerprint density at radius 2 is 1.76 bits per heavy atom. The molecule has 2 saturated heterocycles. The summed E-state index contributed by atoms with van der Waals surface area (Å²) in [5.41, 5.74) is 4.34. The van der Waals surface area contributed by atoms with Gasteiger partial charge in [-0.25, -0.2) is 0 Å². The van der Waals surface area contributed by atoms with Crippen molar-refractivity contribution in [1.82, 2.24) is 9.80 Å². The molecule has 1 amide bonds. The fourth-order valence-corrected chi connectivity index (χ4v) is 5.23. The number of rotatable bonds is 8. The van der Waals surface area contributed by atoms with Crippen molar-refractivity contribution in [2.45, 2.75) is 58.9 Å². The average molecular weight is 464 g/mol. The van der Waals surface area contributed by atoms with Gasteiger partial charge in [0.25, 0.3) is 5.91 Å². The van der Waals surface area contributed by atoms with E-state index in [9.17, 15) is 4.79 Å². The van der Waals surface area contributed by atoms with Crippen LogP contribution in [0.4, 0.5) is 5.69 Å². The molecule has 0 aliphatic carbocycles. The third kappa shape index (κ3) is 5.93. The van der Waals surface area contributed by atoms with Crippen molar-refractivity contribution >= 4 is 11.6 Å². The molecule has 4 rings (SSSR count). The topological polar surface area (TPSA) is 36.0 Å². The molecule has 184 valence electrons. The summed E-state index contributed by atoms with van der Waals surface area (Å²) < 4.78 is 5.98. The number of carbonyl (C=O) groups is 1. The summed E-state index contributed by atoms with van der Waals surface area (Å²) >= 11 is 0. The van der Waals surface area contributed by atoms with E-state index in [-0.39, 0.29) is 5.91 Å². The Hall–Kier alpha value is -2.53. The minimum atomic E-state index is 0.166. The highest BCUT2D eigenvalue weighted by Gasteiger charge is 2.25. The van der Waals surface area contributed by atoms with Crippen LogP contribution >= 0.6 is 0 Å². The number of carbonyl (C=O) groups excluding carboxylic acids is 1. The molecule has 2 aliphatic rings. The van der Waals surface area contributed by atoms with Gasteiger partial charge in [-0.15, -0.1) is 0 Å². The van der Waals surface area contributed by atoms with E-state index in [1.807, 2.05) is 4.90 Å². The van der Waals surface area contributed by atoms with Crippen LogP contribution in [-0.2, 0) is 0 Å². The van der Waals surface area contributed by atoms with Gasteiger partial charge >= 0.3 is 0 Å². The first-order valence-corrected chi connectivity index (χ1v) is 13.0. The molecule has 34 heavy (non-hydrogen) atoms. The largest absolute Gasteiger partial charge is 0.494 e. The van der Waals surface area contributed by atoms with Crippen LogP contribution < -0.4 is 9.64 Å². The molecule has 0 N–H and O–H groups in total. The van der Waals surface area contributed by atoms with Crippen molar-refractivity contribution in [3.63, 3.8) is 0 Å². The molecule has 2 aromatic rings. The van der Waals surface area contributed by atoms with Crippen LogP contribution in [0.2, 0.25) is 0 Å². The van der Waals surface area contributed by atoms with Crippen molar-refractivity contribution in [3.8, 4) is 5.75 Å². The summed E-state index contributed by atoms with van der Waals surface area (Å²) in [6.45, 7) is 15.0. The van der Waals surface area contributed by atoms with E-state index >= 15 is 0 Å². The third-order valence-electron chi connectivity index (χ3n) is 7.38. The summed E-state index contributed by atoms with van der Waals surface area (Å²) in [4.78, 5) is 20.2. The summed E-state index contributed by atoms with van der Waals surface area (Å²) in [6.07, 6.45) is 3.73. The molecule has 0 bridgehead atoms. The van der Waals surface area contributed by atoms with E-state index in [1.54, 1.807) is 0 Å². The Morgan fingerprint density at radius 1 is 1.03 bits per heavy atom. The number of aryl methyl sites for hydroxylation is 1. The second kappa shape index (κ2) is 11.3. The smallest absolute Gasteiger partial charge is 0.254 e. The highest BCUT2D eigenvalue weighted by atomic mass is 16.5. The van der Waals surface area contributed by atoms with E-state index in [0.29, 0.717) is 5.92 Å². The summed E-state index contributed by atoms with van der Waals surface area (Å²) in [7, 11) is 0. The van der Waals surface area contributed by atoms with Gasteiger partial charge in [-0.2, -0.15) is 0 Å². The molecule has 0 spiro atoms. The number of hydrogen-bond acceptors (Lipinski definition) is 4. The second-order valence-corrected chi connectivity index (χ2v) is 10.2. The van der Waals surface area contributed by atoms with Crippen molar-refractivity contribution < 1.29 is 9.53 Å². The maximum absolute atomic E-state index is 13.3. The molecule has 0 saturated carbocycles. The van der Waals surface area contributed by atoms with Crippen LogP contribution in [0.5, 0.6) is 5.75 Å². The van der Waals surface area contributed by atoms with Gasteiger partial charge < -0.3 is 19.4 Å². The Labute approximate surface area is 205 Å². The fourth-order valence-electron chi connectivity index (χ4n) is 5.23. The first-order valence-electron chi connectivity index (χ1n) is 13.0. The molecule has 2 aromatic carbocycles.